The van der Waals surface area contributed by atoms with Crippen molar-refractivity contribution in [2.75, 3.05) is 45.2 Å². The van der Waals surface area contributed by atoms with Crippen LogP contribution in [0.2, 0.25) is 0 Å². The zero-order valence-electron chi connectivity index (χ0n) is 24.4. The Hall–Kier alpha value is -4.39. The third kappa shape index (κ3) is 7.95. The highest BCUT2D eigenvalue weighted by Crippen LogP contribution is 2.37. The Balaban J connectivity index is 1.22. The van der Waals surface area contributed by atoms with Gasteiger partial charge in [0.25, 0.3) is 0 Å². The molecule has 0 saturated carbocycles. The second-order valence-electron chi connectivity index (χ2n) is 10.3. The lowest BCUT2D eigenvalue weighted by molar-refractivity contribution is -0.119. The molecule has 44 heavy (non-hydrogen) atoms. The van der Waals surface area contributed by atoms with Gasteiger partial charge >= 0.3 is 0 Å². The van der Waals surface area contributed by atoms with Crippen molar-refractivity contribution in [3.8, 4) is 23.0 Å². The van der Waals surface area contributed by atoms with Gasteiger partial charge in [0.15, 0.2) is 28.2 Å². The second-order valence-corrected chi connectivity index (χ2v) is 10.7. The number of methoxy groups -OCH3 is 1. The summed E-state index contributed by atoms with van der Waals surface area (Å²) in [4.78, 5) is 19.1. The van der Waals surface area contributed by atoms with Crippen LogP contribution in [0.4, 0.5) is 14.5 Å². The number of nitrogens with one attached hydrogen (secondary N) is 3. The number of hydrogen-bond donors (Lipinski definition) is 3. The van der Waals surface area contributed by atoms with Crippen molar-refractivity contribution in [3.05, 3.63) is 84.1 Å². The summed E-state index contributed by atoms with van der Waals surface area (Å²) in [7, 11) is 1.56. The molecule has 1 amide bonds. The maximum absolute atomic E-state index is 15.1. The van der Waals surface area contributed by atoms with E-state index in [1.54, 1.807) is 37.6 Å². The van der Waals surface area contributed by atoms with Gasteiger partial charge in [-0.1, -0.05) is 12.1 Å². The molecule has 1 atom stereocenters. The molecule has 1 aliphatic rings. The van der Waals surface area contributed by atoms with Gasteiger partial charge in [-0.2, -0.15) is 0 Å². The highest BCUT2D eigenvalue weighted by Gasteiger charge is 2.19. The molecule has 0 spiro atoms. The van der Waals surface area contributed by atoms with Crippen molar-refractivity contribution in [2.24, 2.45) is 0 Å². The minimum atomic E-state index is -0.644. The Kier molecular flexibility index (Phi) is 10.2. The summed E-state index contributed by atoms with van der Waals surface area (Å²) in [5, 5.41) is 9.33. The second kappa shape index (κ2) is 14.4. The number of halogens is 2. The molecule has 1 saturated heterocycles. The Bertz CT molecular complexity index is 1640. The lowest BCUT2D eigenvalue weighted by atomic mass is 10.1. The van der Waals surface area contributed by atoms with E-state index in [2.05, 4.69) is 32.8 Å². The van der Waals surface area contributed by atoms with Gasteiger partial charge in [0.1, 0.15) is 18.2 Å². The number of piperazine rings is 1. The van der Waals surface area contributed by atoms with Gasteiger partial charge in [-0.25, -0.2) is 8.78 Å². The summed E-state index contributed by atoms with van der Waals surface area (Å²) in [5.41, 5.74) is 1.55. The van der Waals surface area contributed by atoms with Crippen LogP contribution in [0.3, 0.4) is 0 Å². The number of benzene rings is 3. The molecule has 9 nitrogen and oxygen atoms in total. The Morgan fingerprint density at radius 2 is 1.89 bits per heavy atom. The van der Waals surface area contributed by atoms with Gasteiger partial charge in [-0.15, -0.1) is 0 Å². The van der Waals surface area contributed by atoms with E-state index in [1.807, 2.05) is 0 Å². The van der Waals surface area contributed by atoms with E-state index in [9.17, 15) is 9.18 Å². The lowest BCUT2D eigenvalue weighted by Crippen LogP contribution is -2.50. The molecule has 12 heteroatoms. The average Bonchev–Trinajstić information content (AvgIpc) is 3.00. The van der Waals surface area contributed by atoms with E-state index in [4.69, 9.17) is 26.4 Å². The predicted molar refractivity (Wildman–Crippen MR) is 169 cm³/mol. The predicted octanol–water partition coefficient (Wildman–Crippen LogP) is 5.04. The molecule has 0 aliphatic carbocycles. The van der Waals surface area contributed by atoms with Crippen LogP contribution in [0.5, 0.6) is 23.0 Å². The number of aromatic nitrogens is 1. The molecule has 1 unspecified atom stereocenters. The molecule has 1 aliphatic heterocycles. The van der Waals surface area contributed by atoms with Gasteiger partial charge in [-0.3, -0.25) is 14.7 Å². The Morgan fingerprint density at radius 1 is 1.07 bits per heavy atom. The summed E-state index contributed by atoms with van der Waals surface area (Å²) < 4.78 is 45.8. The fourth-order valence-electron chi connectivity index (χ4n) is 4.88. The van der Waals surface area contributed by atoms with Gasteiger partial charge in [0.05, 0.1) is 19.0 Å². The van der Waals surface area contributed by atoms with Crippen LogP contribution < -0.4 is 30.2 Å². The highest BCUT2D eigenvalue weighted by molar-refractivity contribution is 7.80. The first-order valence-electron chi connectivity index (χ1n) is 14.2. The van der Waals surface area contributed by atoms with Gasteiger partial charge in [0, 0.05) is 61.6 Å². The van der Waals surface area contributed by atoms with Crippen molar-refractivity contribution < 1.29 is 27.8 Å². The van der Waals surface area contributed by atoms with Crippen LogP contribution in [0.1, 0.15) is 12.5 Å². The Morgan fingerprint density at radius 3 is 2.64 bits per heavy atom. The number of hydrogen-bond acceptors (Lipinski definition) is 8. The van der Waals surface area contributed by atoms with Crippen LogP contribution >= 0.6 is 12.2 Å². The summed E-state index contributed by atoms with van der Waals surface area (Å²) in [5.74, 6) is 0.0278. The molecule has 0 radical (unpaired) electrons. The number of carbonyl (C=O) groups is 1. The largest absolute Gasteiger partial charge is 0.493 e. The topological polar surface area (TPSA) is 97.0 Å². The lowest BCUT2D eigenvalue weighted by Gasteiger charge is -2.33. The number of nitrogens with zero attached hydrogens (tertiary/aromatic N) is 2. The summed E-state index contributed by atoms with van der Waals surface area (Å²) in [6, 6.07) is 15.5. The van der Waals surface area contributed by atoms with Crippen molar-refractivity contribution in [2.45, 2.75) is 19.4 Å². The van der Waals surface area contributed by atoms with E-state index in [-0.39, 0.29) is 23.1 Å². The summed E-state index contributed by atoms with van der Waals surface area (Å²) in [6.45, 7) is 6.36. The van der Waals surface area contributed by atoms with Crippen molar-refractivity contribution in [1.82, 2.24) is 20.5 Å². The molecule has 1 fully saturated rings. The highest BCUT2D eigenvalue weighted by atomic mass is 32.1. The monoisotopic (exact) mass is 621 g/mol. The van der Waals surface area contributed by atoms with Gasteiger partial charge in [-0.05, 0) is 61.1 Å². The smallest absolute Gasteiger partial charge is 0.230 e. The van der Waals surface area contributed by atoms with Crippen molar-refractivity contribution in [3.63, 3.8) is 0 Å². The van der Waals surface area contributed by atoms with E-state index in [0.717, 1.165) is 26.2 Å². The van der Waals surface area contributed by atoms with Gasteiger partial charge < -0.3 is 30.2 Å². The standard InChI is InChI=1S/C32H33F2N5O4S/c1-20-19-35-11-12-39(20)13-14-42-30-18-26-24(17-29(30)41-2)27(9-10-36-26)43-28-8-7-23(16-25(28)34)37-32(44)38-31(40)15-21-3-5-22(33)6-4-21/h3-10,16-18,20,35H,11-15,19H2,1-2H3,(H2,37,38,40,44). The third-order valence-electron chi connectivity index (χ3n) is 7.20. The Labute approximate surface area is 259 Å². The van der Waals surface area contributed by atoms with Crippen molar-refractivity contribution in [1.29, 1.82) is 0 Å². The number of pyridine rings is 1. The molecule has 230 valence electrons. The molecule has 2 heterocycles. The molecule has 3 N–H and O–H groups in total. The SMILES string of the molecule is COc1cc2c(Oc3ccc(NC(=S)NC(=O)Cc4ccc(F)cc4)cc3F)ccnc2cc1OCCN1CCNCC1C. The van der Waals surface area contributed by atoms with Crippen LogP contribution in [-0.4, -0.2) is 66.8 Å². The fourth-order valence-corrected chi connectivity index (χ4v) is 5.11. The normalized spacial score (nSPS) is 15.0. The number of fused-ring (bicyclic) bond motifs is 1. The number of amides is 1. The minimum Gasteiger partial charge on any atom is -0.493 e. The molecular weight excluding hydrogens is 588 g/mol. The van der Waals surface area contributed by atoms with E-state index in [1.165, 1.54) is 36.4 Å². The number of thiocarbonyl (C=S) groups is 1. The first-order valence-corrected chi connectivity index (χ1v) is 14.6. The third-order valence-corrected chi connectivity index (χ3v) is 7.41. The van der Waals surface area contributed by atoms with Crippen LogP contribution in [0.15, 0.2) is 66.9 Å². The minimum absolute atomic E-state index is 0.00197. The number of rotatable bonds is 10. The van der Waals surface area contributed by atoms with Crippen LogP contribution in [0.25, 0.3) is 10.9 Å². The molecular formula is C32H33F2N5O4S. The number of carbonyl (C=O) groups excluding carboxylic acids is 1. The number of anilines is 1. The molecule has 4 aromatic rings. The molecule has 3 aromatic carbocycles. The fraction of sp³-hybridized carbons (Fsp3) is 0.281. The first kappa shape index (κ1) is 31.0. The molecule has 5 rings (SSSR count). The molecule has 0 bridgehead atoms. The zero-order valence-corrected chi connectivity index (χ0v) is 25.2. The average molecular weight is 622 g/mol. The van der Waals surface area contributed by atoms with E-state index < -0.39 is 11.7 Å². The first-order chi connectivity index (χ1) is 21.3. The van der Waals surface area contributed by atoms with Crippen LogP contribution in [0, 0.1) is 11.6 Å². The zero-order chi connectivity index (χ0) is 31.1. The van der Waals surface area contributed by atoms with Crippen molar-refractivity contribution >= 4 is 39.8 Å². The van der Waals surface area contributed by atoms with E-state index in [0.29, 0.717) is 52.1 Å². The molecule has 1 aromatic heterocycles. The van der Waals surface area contributed by atoms with E-state index >= 15 is 4.39 Å². The number of ether oxygens (including phenoxy) is 3. The van der Waals surface area contributed by atoms with Gasteiger partial charge in [0.2, 0.25) is 5.91 Å². The maximum Gasteiger partial charge on any atom is 0.230 e. The summed E-state index contributed by atoms with van der Waals surface area (Å²) >= 11 is 5.19. The maximum atomic E-state index is 15.1. The summed E-state index contributed by atoms with van der Waals surface area (Å²) in [6.07, 6.45) is 1.59. The van der Waals surface area contributed by atoms with Crippen LogP contribution in [-0.2, 0) is 11.2 Å². The quantitative estimate of drug-likeness (QED) is 0.211.